The fraction of sp³-hybridized carbons (Fsp3) is 0.667. The van der Waals surface area contributed by atoms with Gasteiger partial charge in [-0.25, -0.2) is 0 Å². The van der Waals surface area contributed by atoms with Crippen LogP contribution >= 0.6 is 0 Å². The van der Waals surface area contributed by atoms with E-state index in [4.69, 9.17) is 0 Å². The van der Waals surface area contributed by atoms with Gasteiger partial charge in [-0.05, 0) is 61.0 Å². The van der Waals surface area contributed by atoms with Crippen molar-refractivity contribution in [3.63, 3.8) is 0 Å². The molecule has 0 aliphatic heterocycles. The molecule has 24 heavy (non-hydrogen) atoms. The van der Waals surface area contributed by atoms with Crippen LogP contribution in [0.1, 0.15) is 70.4 Å². The van der Waals surface area contributed by atoms with Crippen molar-refractivity contribution in [2.24, 2.45) is 5.92 Å². The Morgan fingerprint density at radius 1 is 1.12 bits per heavy atom. The van der Waals surface area contributed by atoms with E-state index >= 15 is 0 Å². The molecular formula is C21H31NO2. The van der Waals surface area contributed by atoms with E-state index in [0.29, 0.717) is 5.92 Å². The predicted octanol–water partition coefficient (Wildman–Crippen LogP) is 3.68. The van der Waals surface area contributed by atoms with E-state index in [1.807, 2.05) is 0 Å². The summed E-state index contributed by atoms with van der Waals surface area (Å²) in [4.78, 5) is 12.9. The van der Waals surface area contributed by atoms with Crippen LogP contribution in [0, 0.1) is 5.92 Å². The maximum Gasteiger partial charge on any atom is 0.230 e. The normalized spacial score (nSPS) is 26.0. The van der Waals surface area contributed by atoms with Gasteiger partial charge >= 0.3 is 0 Å². The van der Waals surface area contributed by atoms with Gasteiger partial charge < -0.3 is 10.4 Å². The first kappa shape index (κ1) is 17.5. The highest BCUT2D eigenvalue weighted by Gasteiger charge is 2.51. The number of amides is 1. The Hall–Kier alpha value is -1.35. The second-order valence-electron chi connectivity index (χ2n) is 8.78. The summed E-state index contributed by atoms with van der Waals surface area (Å²) < 4.78 is 0. The topological polar surface area (TPSA) is 49.3 Å². The van der Waals surface area contributed by atoms with E-state index in [1.54, 1.807) is 0 Å². The maximum absolute atomic E-state index is 12.9. The Morgan fingerprint density at radius 2 is 1.71 bits per heavy atom. The van der Waals surface area contributed by atoms with Crippen molar-refractivity contribution in [1.82, 2.24) is 5.32 Å². The minimum atomic E-state index is -0.287. The van der Waals surface area contributed by atoms with E-state index in [-0.39, 0.29) is 29.4 Å². The maximum atomic E-state index is 12.9. The third-order valence-electron chi connectivity index (χ3n) is 5.93. The highest BCUT2D eigenvalue weighted by Crippen LogP contribution is 2.49. The number of benzene rings is 1. The lowest BCUT2D eigenvalue weighted by Gasteiger charge is -2.29. The molecule has 0 bridgehead atoms. The Labute approximate surface area is 145 Å². The van der Waals surface area contributed by atoms with Gasteiger partial charge in [0.15, 0.2) is 0 Å². The van der Waals surface area contributed by atoms with Gasteiger partial charge in [0.05, 0.1) is 5.41 Å². The van der Waals surface area contributed by atoms with E-state index in [2.05, 4.69) is 50.4 Å². The summed E-state index contributed by atoms with van der Waals surface area (Å²) >= 11 is 0. The molecule has 2 aliphatic carbocycles. The van der Waals surface area contributed by atoms with Crippen molar-refractivity contribution in [1.29, 1.82) is 0 Å². The van der Waals surface area contributed by atoms with Crippen LogP contribution in [0.25, 0.3) is 0 Å². The predicted molar refractivity (Wildman–Crippen MR) is 97.0 cm³/mol. The van der Waals surface area contributed by atoms with Crippen LogP contribution < -0.4 is 5.32 Å². The molecular weight excluding hydrogens is 298 g/mol. The van der Waals surface area contributed by atoms with Gasteiger partial charge in [0.25, 0.3) is 0 Å². The molecule has 1 amide bonds. The second-order valence-corrected chi connectivity index (χ2v) is 8.78. The third kappa shape index (κ3) is 3.51. The Balaban J connectivity index is 1.64. The summed E-state index contributed by atoms with van der Waals surface area (Å²) in [5.74, 6) is 0.636. The zero-order valence-electron chi connectivity index (χ0n) is 15.3. The van der Waals surface area contributed by atoms with Crippen molar-refractivity contribution in [2.75, 3.05) is 6.61 Å². The van der Waals surface area contributed by atoms with Crippen LogP contribution in [0.2, 0.25) is 0 Å². The van der Waals surface area contributed by atoms with Gasteiger partial charge in [-0.2, -0.15) is 0 Å². The Kier molecular flexibility index (Phi) is 4.74. The number of aliphatic hydroxyl groups is 1. The molecule has 2 fully saturated rings. The van der Waals surface area contributed by atoms with E-state index in [1.165, 1.54) is 5.56 Å². The van der Waals surface area contributed by atoms with Gasteiger partial charge in [0.1, 0.15) is 0 Å². The van der Waals surface area contributed by atoms with Gasteiger partial charge in [-0.1, -0.05) is 45.0 Å². The van der Waals surface area contributed by atoms with Crippen LogP contribution in [0.4, 0.5) is 0 Å². The van der Waals surface area contributed by atoms with Crippen LogP contribution in [0.3, 0.4) is 0 Å². The lowest BCUT2D eigenvalue weighted by molar-refractivity contribution is -0.124. The van der Waals surface area contributed by atoms with Crippen molar-refractivity contribution in [3.05, 3.63) is 35.4 Å². The fourth-order valence-electron chi connectivity index (χ4n) is 3.87. The summed E-state index contributed by atoms with van der Waals surface area (Å²) in [5.41, 5.74) is 2.33. The molecule has 0 spiro atoms. The molecule has 2 N–H and O–H groups in total. The number of hydrogen-bond donors (Lipinski definition) is 2. The molecule has 0 unspecified atom stereocenters. The SMILES string of the molecule is CC(C)(C)c1ccc(C2(C(=O)NC3CCC(CO)CC3)CC2)cc1. The highest BCUT2D eigenvalue weighted by atomic mass is 16.3. The minimum absolute atomic E-state index is 0.142. The quantitative estimate of drug-likeness (QED) is 0.885. The average Bonchev–Trinajstić information content (AvgIpc) is 3.37. The van der Waals surface area contributed by atoms with Crippen molar-refractivity contribution in [3.8, 4) is 0 Å². The molecule has 2 saturated carbocycles. The van der Waals surface area contributed by atoms with Crippen LogP contribution in [0.5, 0.6) is 0 Å². The fourth-order valence-corrected chi connectivity index (χ4v) is 3.87. The summed E-state index contributed by atoms with van der Waals surface area (Å²) in [6.45, 7) is 6.92. The summed E-state index contributed by atoms with van der Waals surface area (Å²) in [7, 11) is 0. The number of aliphatic hydroxyl groups excluding tert-OH is 1. The lowest BCUT2D eigenvalue weighted by Crippen LogP contribution is -2.43. The molecule has 3 rings (SSSR count). The van der Waals surface area contributed by atoms with Crippen molar-refractivity contribution < 1.29 is 9.90 Å². The first-order valence-corrected chi connectivity index (χ1v) is 9.38. The summed E-state index contributed by atoms with van der Waals surface area (Å²) in [5, 5.41) is 12.5. The summed E-state index contributed by atoms with van der Waals surface area (Å²) in [6, 6.07) is 8.93. The second kappa shape index (κ2) is 6.51. The molecule has 132 valence electrons. The van der Waals surface area contributed by atoms with Crippen molar-refractivity contribution in [2.45, 2.75) is 76.2 Å². The molecule has 0 atom stereocenters. The zero-order valence-corrected chi connectivity index (χ0v) is 15.3. The Morgan fingerprint density at radius 3 is 2.17 bits per heavy atom. The van der Waals surface area contributed by atoms with Crippen LogP contribution in [-0.2, 0) is 15.6 Å². The van der Waals surface area contributed by atoms with E-state index in [0.717, 1.165) is 44.1 Å². The molecule has 0 aromatic heterocycles. The molecule has 0 radical (unpaired) electrons. The van der Waals surface area contributed by atoms with Gasteiger partial charge in [0, 0.05) is 12.6 Å². The molecule has 0 heterocycles. The molecule has 2 aliphatic rings. The number of rotatable bonds is 4. The van der Waals surface area contributed by atoms with E-state index in [9.17, 15) is 9.90 Å². The van der Waals surface area contributed by atoms with Crippen molar-refractivity contribution >= 4 is 5.91 Å². The molecule has 3 nitrogen and oxygen atoms in total. The highest BCUT2D eigenvalue weighted by molar-refractivity contribution is 5.91. The lowest BCUT2D eigenvalue weighted by atomic mass is 9.84. The van der Waals surface area contributed by atoms with Gasteiger partial charge in [0.2, 0.25) is 5.91 Å². The summed E-state index contributed by atoms with van der Waals surface area (Å²) in [6.07, 6.45) is 5.95. The molecule has 1 aromatic carbocycles. The molecule has 1 aromatic rings. The smallest absolute Gasteiger partial charge is 0.230 e. The van der Waals surface area contributed by atoms with E-state index < -0.39 is 0 Å². The number of carbonyl (C=O) groups excluding carboxylic acids is 1. The number of nitrogens with one attached hydrogen (secondary N) is 1. The average molecular weight is 329 g/mol. The minimum Gasteiger partial charge on any atom is -0.396 e. The Bertz CT molecular complexity index is 573. The van der Waals surface area contributed by atoms with Gasteiger partial charge in [-0.15, -0.1) is 0 Å². The monoisotopic (exact) mass is 329 g/mol. The molecule has 0 saturated heterocycles. The largest absolute Gasteiger partial charge is 0.396 e. The third-order valence-corrected chi connectivity index (χ3v) is 5.93. The number of hydrogen-bond acceptors (Lipinski definition) is 2. The van der Waals surface area contributed by atoms with Crippen LogP contribution in [-0.4, -0.2) is 23.7 Å². The van der Waals surface area contributed by atoms with Crippen LogP contribution in [0.15, 0.2) is 24.3 Å². The first-order chi connectivity index (χ1) is 11.3. The standard InChI is InChI=1S/C21H31NO2/c1-20(2,3)16-6-8-17(9-7-16)21(12-13-21)19(24)22-18-10-4-15(14-23)5-11-18/h6-9,15,18,23H,4-5,10-14H2,1-3H3,(H,22,24). The zero-order chi connectivity index (χ0) is 17.4. The first-order valence-electron chi connectivity index (χ1n) is 9.38. The molecule has 3 heteroatoms. The number of carbonyl (C=O) groups is 1. The van der Waals surface area contributed by atoms with Gasteiger partial charge in [-0.3, -0.25) is 4.79 Å².